The predicted molar refractivity (Wildman–Crippen MR) is 86.4 cm³/mol. The number of hydrogen-bond donors (Lipinski definition) is 1. The molecule has 8 heteroatoms. The third kappa shape index (κ3) is 5.90. The smallest absolute Gasteiger partial charge is 0.416 e. The number of hydrogen-bond acceptors (Lipinski definition) is 3. The lowest BCUT2D eigenvalue weighted by molar-refractivity contribution is -0.137. The maximum atomic E-state index is 12.8. The zero-order valence-electron chi connectivity index (χ0n) is 12.7. The summed E-state index contributed by atoms with van der Waals surface area (Å²) in [6.07, 6.45) is -1.78. The average molecular weight is 346 g/mol. The summed E-state index contributed by atoms with van der Waals surface area (Å²) >= 11 is 5.10. The number of rotatable bonds is 4. The van der Waals surface area contributed by atoms with Crippen molar-refractivity contribution in [1.29, 1.82) is 0 Å². The molecule has 126 valence electrons. The molecular formula is C15H17F3N2O2S. The Morgan fingerprint density at radius 3 is 2.70 bits per heavy atom. The molecule has 23 heavy (non-hydrogen) atoms. The standard InChI is InChI=1S/C15H17F3N2O2S/c1-3-5-9-20(13(23)19-14(21)22-4-2)12-8-6-7-11(10-12)15(16,17)18/h3,5-8,10H,4,9H2,1-2H3,(H,19,21,23). The number of amides is 1. The highest BCUT2D eigenvalue weighted by molar-refractivity contribution is 7.80. The van der Waals surface area contributed by atoms with Crippen LogP contribution < -0.4 is 10.2 Å². The minimum Gasteiger partial charge on any atom is -0.450 e. The zero-order valence-corrected chi connectivity index (χ0v) is 13.5. The Balaban J connectivity index is 3.06. The number of thiocarbonyl (C=S) groups is 1. The molecule has 1 aromatic carbocycles. The Bertz CT molecular complexity index is 588. The van der Waals surface area contributed by atoms with Gasteiger partial charge >= 0.3 is 12.3 Å². The van der Waals surface area contributed by atoms with Gasteiger partial charge < -0.3 is 9.64 Å². The Morgan fingerprint density at radius 1 is 1.43 bits per heavy atom. The number of alkyl halides is 3. The topological polar surface area (TPSA) is 41.6 Å². The fraction of sp³-hybridized carbons (Fsp3) is 0.333. The molecular weight excluding hydrogens is 329 g/mol. The van der Waals surface area contributed by atoms with Crippen molar-refractivity contribution in [2.24, 2.45) is 0 Å². The van der Waals surface area contributed by atoms with E-state index >= 15 is 0 Å². The van der Waals surface area contributed by atoms with Gasteiger partial charge in [0, 0.05) is 12.2 Å². The lowest BCUT2D eigenvalue weighted by Crippen LogP contribution is -2.43. The Morgan fingerprint density at radius 2 is 2.13 bits per heavy atom. The van der Waals surface area contributed by atoms with Crippen LogP contribution in [0.1, 0.15) is 19.4 Å². The van der Waals surface area contributed by atoms with E-state index in [0.717, 1.165) is 12.1 Å². The number of nitrogens with one attached hydrogen (secondary N) is 1. The van der Waals surface area contributed by atoms with E-state index < -0.39 is 17.8 Å². The van der Waals surface area contributed by atoms with E-state index in [-0.39, 0.29) is 24.0 Å². The first-order chi connectivity index (χ1) is 10.8. The van der Waals surface area contributed by atoms with Crippen LogP contribution in [0.3, 0.4) is 0 Å². The molecule has 0 aromatic heterocycles. The molecule has 0 heterocycles. The Kier molecular flexibility index (Phi) is 7.02. The first-order valence-corrected chi connectivity index (χ1v) is 7.24. The summed E-state index contributed by atoms with van der Waals surface area (Å²) in [5.74, 6) is 0. The molecule has 0 saturated carbocycles. The molecule has 1 N–H and O–H groups in total. The van der Waals surface area contributed by atoms with Crippen molar-refractivity contribution >= 4 is 29.1 Å². The molecule has 0 atom stereocenters. The van der Waals surface area contributed by atoms with Crippen molar-refractivity contribution in [2.45, 2.75) is 20.0 Å². The summed E-state index contributed by atoms with van der Waals surface area (Å²) in [6, 6.07) is 4.72. The third-order valence-corrected chi connectivity index (χ3v) is 3.06. The Labute approximate surface area is 137 Å². The van der Waals surface area contributed by atoms with Crippen LogP contribution in [0.5, 0.6) is 0 Å². The molecule has 0 saturated heterocycles. The van der Waals surface area contributed by atoms with Gasteiger partial charge in [-0.3, -0.25) is 5.32 Å². The van der Waals surface area contributed by atoms with E-state index in [1.54, 1.807) is 26.0 Å². The van der Waals surface area contributed by atoms with Crippen molar-refractivity contribution < 1.29 is 22.7 Å². The maximum absolute atomic E-state index is 12.8. The molecule has 0 aliphatic carbocycles. The quantitative estimate of drug-likeness (QED) is 0.658. The van der Waals surface area contributed by atoms with Crippen LogP contribution in [0.4, 0.5) is 23.7 Å². The molecule has 0 aliphatic rings. The molecule has 4 nitrogen and oxygen atoms in total. The average Bonchev–Trinajstić information content (AvgIpc) is 2.47. The first kappa shape index (κ1) is 19.0. The summed E-state index contributed by atoms with van der Waals surface area (Å²) in [6.45, 7) is 3.77. The van der Waals surface area contributed by atoms with Gasteiger partial charge in [0.1, 0.15) is 0 Å². The summed E-state index contributed by atoms with van der Waals surface area (Å²) < 4.78 is 43.2. The zero-order chi connectivity index (χ0) is 17.5. The largest absolute Gasteiger partial charge is 0.450 e. The number of ether oxygens (including phenoxy) is 1. The fourth-order valence-electron chi connectivity index (χ4n) is 1.69. The summed E-state index contributed by atoms with van der Waals surface area (Å²) in [7, 11) is 0. The summed E-state index contributed by atoms with van der Waals surface area (Å²) in [4.78, 5) is 12.8. The molecule has 1 amide bonds. The van der Waals surface area contributed by atoms with Crippen LogP contribution in [-0.4, -0.2) is 24.4 Å². The van der Waals surface area contributed by atoms with Crippen LogP contribution in [-0.2, 0) is 10.9 Å². The van der Waals surface area contributed by atoms with Gasteiger partial charge in [-0.1, -0.05) is 18.2 Å². The molecule has 1 rings (SSSR count). The molecule has 0 aliphatic heterocycles. The lowest BCUT2D eigenvalue weighted by Gasteiger charge is -2.24. The highest BCUT2D eigenvalue weighted by atomic mass is 32.1. The van der Waals surface area contributed by atoms with Crippen LogP contribution in [0, 0.1) is 0 Å². The van der Waals surface area contributed by atoms with E-state index in [1.807, 2.05) is 0 Å². The van der Waals surface area contributed by atoms with Crippen molar-refractivity contribution in [3.05, 3.63) is 42.0 Å². The highest BCUT2D eigenvalue weighted by Gasteiger charge is 2.31. The van der Waals surface area contributed by atoms with E-state index in [1.165, 1.54) is 17.0 Å². The second kappa shape index (κ2) is 8.52. The van der Waals surface area contributed by atoms with Crippen LogP contribution in [0.15, 0.2) is 36.4 Å². The van der Waals surface area contributed by atoms with Crippen LogP contribution >= 0.6 is 12.2 Å². The summed E-state index contributed by atoms with van der Waals surface area (Å²) in [5, 5.41) is 2.29. The second-order valence-corrected chi connectivity index (χ2v) is 4.77. The van der Waals surface area contributed by atoms with Gasteiger partial charge in [0.05, 0.1) is 12.2 Å². The van der Waals surface area contributed by atoms with Crippen molar-refractivity contribution in [3.63, 3.8) is 0 Å². The fourth-order valence-corrected chi connectivity index (χ4v) is 1.95. The summed E-state index contributed by atoms with van der Waals surface area (Å²) in [5.41, 5.74) is -0.570. The first-order valence-electron chi connectivity index (χ1n) is 6.83. The molecule has 0 spiro atoms. The van der Waals surface area contributed by atoms with Gasteiger partial charge in [0.25, 0.3) is 0 Å². The molecule has 0 bridgehead atoms. The van der Waals surface area contributed by atoms with E-state index in [0.29, 0.717) is 0 Å². The number of carbonyl (C=O) groups is 1. The number of halogens is 3. The number of benzene rings is 1. The maximum Gasteiger partial charge on any atom is 0.416 e. The minimum absolute atomic E-state index is 0.0409. The van der Waals surface area contributed by atoms with Gasteiger partial charge in [-0.2, -0.15) is 13.2 Å². The number of allylic oxidation sites excluding steroid dienone is 1. The van der Waals surface area contributed by atoms with E-state index in [9.17, 15) is 18.0 Å². The molecule has 0 unspecified atom stereocenters. The van der Waals surface area contributed by atoms with Crippen molar-refractivity contribution in [2.75, 3.05) is 18.1 Å². The third-order valence-electron chi connectivity index (χ3n) is 2.74. The van der Waals surface area contributed by atoms with Crippen molar-refractivity contribution in [3.8, 4) is 0 Å². The van der Waals surface area contributed by atoms with Crippen molar-refractivity contribution in [1.82, 2.24) is 5.32 Å². The van der Waals surface area contributed by atoms with E-state index in [2.05, 4.69) is 5.32 Å². The van der Waals surface area contributed by atoms with Gasteiger partial charge in [-0.05, 0) is 44.3 Å². The number of carbonyl (C=O) groups excluding carboxylic acids is 1. The molecule has 0 fully saturated rings. The SMILES string of the molecule is CC=CCN(C(=S)NC(=O)OCC)c1cccc(C(F)(F)F)c1. The lowest BCUT2D eigenvalue weighted by atomic mass is 10.2. The highest BCUT2D eigenvalue weighted by Crippen LogP contribution is 2.31. The number of anilines is 1. The van der Waals surface area contributed by atoms with Crippen LogP contribution in [0.2, 0.25) is 0 Å². The number of nitrogens with zero attached hydrogens (tertiary/aromatic N) is 1. The Hall–Kier alpha value is -2.09. The normalized spacial score (nSPS) is 11.3. The van der Waals surface area contributed by atoms with Gasteiger partial charge in [0.15, 0.2) is 5.11 Å². The van der Waals surface area contributed by atoms with Gasteiger partial charge in [-0.25, -0.2) is 4.79 Å². The monoisotopic (exact) mass is 346 g/mol. The van der Waals surface area contributed by atoms with E-state index in [4.69, 9.17) is 17.0 Å². The van der Waals surface area contributed by atoms with Gasteiger partial charge in [0.2, 0.25) is 0 Å². The second-order valence-electron chi connectivity index (χ2n) is 4.38. The minimum atomic E-state index is -4.46. The van der Waals surface area contributed by atoms with Crippen LogP contribution in [0.25, 0.3) is 0 Å². The number of alkyl carbamates (subject to hydrolysis) is 1. The van der Waals surface area contributed by atoms with Gasteiger partial charge in [-0.15, -0.1) is 0 Å². The molecule has 1 aromatic rings. The predicted octanol–water partition coefficient (Wildman–Crippen LogP) is 4.12. The molecule has 0 radical (unpaired) electrons.